The van der Waals surface area contributed by atoms with Crippen molar-refractivity contribution in [3.63, 3.8) is 0 Å². The highest BCUT2D eigenvalue weighted by molar-refractivity contribution is 5.95. The minimum absolute atomic E-state index is 0. The molecule has 2 aromatic carbocycles. The van der Waals surface area contributed by atoms with Gasteiger partial charge in [0.1, 0.15) is 0 Å². The van der Waals surface area contributed by atoms with Gasteiger partial charge in [-0.25, -0.2) is 0 Å². The first-order valence-corrected chi connectivity index (χ1v) is 8.65. The molecule has 0 atom stereocenters. The number of amides is 2. The van der Waals surface area contributed by atoms with Crippen LogP contribution in [0.1, 0.15) is 45.5 Å². The fourth-order valence-electron chi connectivity index (χ4n) is 3.01. The summed E-state index contributed by atoms with van der Waals surface area (Å²) in [6.07, 6.45) is 3.37. The maximum absolute atomic E-state index is 12.4. The minimum Gasteiger partial charge on any atom is -0.399 e. The molecule has 1 saturated heterocycles. The van der Waals surface area contributed by atoms with Gasteiger partial charge in [0, 0.05) is 36.4 Å². The molecule has 0 aromatic heterocycles. The largest absolute Gasteiger partial charge is 0.399 e. The van der Waals surface area contributed by atoms with E-state index >= 15 is 0 Å². The number of piperidine rings is 1. The first-order valence-electron chi connectivity index (χ1n) is 8.65. The molecule has 1 aliphatic rings. The molecule has 3 rings (SSSR count). The van der Waals surface area contributed by atoms with Crippen molar-refractivity contribution in [2.45, 2.75) is 25.8 Å². The van der Waals surface area contributed by atoms with E-state index in [0.29, 0.717) is 23.4 Å². The summed E-state index contributed by atoms with van der Waals surface area (Å²) in [5.41, 5.74) is 8.45. The molecule has 0 bridgehead atoms. The number of halogens is 1. The summed E-state index contributed by atoms with van der Waals surface area (Å²) in [4.78, 5) is 26.5. The van der Waals surface area contributed by atoms with E-state index in [1.807, 2.05) is 29.2 Å². The van der Waals surface area contributed by atoms with Gasteiger partial charge >= 0.3 is 0 Å². The van der Waals surface area contributed by atoms with Gasteiger partial charge in [-0.05, 0) is 55.2 Å². The number of nitrogens with one attached hydrogen (secondary N) is 1. The smallest absolute Gasteiger partial charge is 0.253 e. The lowest BCUT2D eigenvalue weighted by Gasteiger charge is -2.26. The van der Waals surface area contributed by atoms with E-state index in [-0.39, 0.29) is 24.2 Å². The number of nitrogens with two attached hydrogens (primary N) is 1. The zero-order valence-corrected chi connectivity index (χ0v) is 15.4. The maximum atomic E-state index is 12.4. The first kappa shape index (κ1) is 19.8. The van der Waals surface area contributed by atoms with E-state index in [4.69, 9.17) is 5.73 Å². The normalized spacial score (nSPS) is 13.6. The Hall–Kier alpha value is -2.53. The predicted octanol–water partition coefficient (Wildman–Crippen LogP) is 3.25. The van der Waals surface area contributed by atoms with Crippen LogP contribution in [0.3, 0.4) is 0 Å². The van der Waals surface area contributed by atoms with Crippen LogP contribution in [0.25, 0.3) is 0 Å². The van der Waals surface area contributed by atoms with Crippen LogP contribution in [0.4, 0.5) is 5.69 Å². The molecule has 1 aliphatic heterocycles. The van der Waals surface area contributed by atoms with E-state index in [1.54, 1.807) is 24.3 Å². The summed E-state index contributed by atoms with van der Waals surface area (Å²) >= 11 is 0. The van der Waals surface area contributed by atoms with Crippen molar-refractivity contribution >= 4 is 29.9 Å². The second kappa shape index (κ2) is 9.25. The predicted molar refractivity (Wildman–Crippen MR) is 105 cm³/mol. The first-order chi connectivity index (χ1) is 12.1. The van der Waals surface area contributed by atoms with Crippen LogP contribution >= 0.6 is 12.4 Å². The zero-order valence-electron chi connectivity index (χ0n) is 14.6. The lowest BCUT2D eigenvalue weighted by atomic mass is 10.1. The van der Waals surface area contributed by atoms with Crippen LogP contribution in [0, 0.1) is 0 Å². The van der Waals surface area contributed by atoms with Gasteiger partial charge in [-0.3, -0.25) is 9.59 Å². The topological polar surface area (TPSA) is 75.4 Å². The summed E-state index contributed by atoms with van der Waals surface area (Å²) in [6, 6.07) is 14.3. The van der Waals surface area contributed by atoms with E-state index in [2.05, 4.69) is 5.32 Å². The van der Waals surface area contributed by atoms with Crippen LogP contribution in [-0.2, 0) is 6.54 Å². The summed E-state index contributed by atoms with van der Waals surface area (Å²) in [5, 5.41) is 2.86. The third-order valence-electron chi connectivity index (χ3n) is 4.45. The molecular weight excluding hydrogens is 350 g/mol. The Kier molecular flexibility index (Phi) is 7.04. The molecule has 0 aliphatic carbocycles. The van der Waals surface area contributed by atoms with Gasteiger partial charge in [0.15, 0.2) is 0 Å². The lowest BCUT2D eigenvalue weighted by Crippen LogP contribution is -2.35. The Morgan fingerprint density at radius 1 is 0.962 bits per heavy atom. The van der Waals surface area contributed by atoms with Crippen LogP contribution in [0.5, 0.6) is 0 Å². The molecule has 0 saturated carbocycles. The summed E-state index contributed by atoms with van der Waals surface area (Å²) in [6.45, 7) is 2.10. The molecule has 0 spiro atoms. The Morgan fingerprint density at radius 3 is 2.31 bits per heavy atom. The van der Waals surface area contributed by atoms with Gasteiger partial charge < -0.3 is 16.0 Å². The molecular formula is C20H24ClN3O2. The molecule has 26 heavy (non-hydrogen) atoms. The van der Waals surface area contributed by atoms with Crippen LogP contribution in [-0.4, -0.2) is 29.8 Å². The average molecular weight is 374 g/mol. The SMILES string of the molecule is Cl.Nc1cccc(C(=O)NCc2ccc(C(=O)N3CCCCC3)cc2)c1. The molecule has 2 amide bonds. The van der Waals surface area contributed by atoms with Gasteiger partial charge in [-0.15, -0.1) is 12.4 Å². The van der Waals surface area contributed by atoms with Gasteiger partial charge in [0.25, 0.3) is 11.8 Å². The summed E-state index contributed by atoms with van der Waals surface area (Å²) in [7, 11) is 0. The third kappa shape index (κ3) is 4.99. The Labute approximate surface area is 160 Å². The van der Waals surface area contributed by atoms with Crippen LogP contribution in [0.15, 0.2) is 48.5 Å². The van der Waals surface area contributed by atoms with Crippen molar-refractivity contribution in [2.24, 2.45) is 0 Å². The molecule has 1 heterocycles. The van der Waals surface area contributed by atoms with Crippen LogP contribution in [0.2, 0.25) is 0 Å². The molecule has 3 N–H and O–H groups in total. The number of nitrogen functional groups attached to an aromatic ring is 1. The third-order valence-corrected chi connectivity index (χ3v) is 4.45. The molecule has 0 radical (unpaired) electrons. The standard InChI is InChI=1S/C20H23N3O2.ClH/c21-18-6-4-5-17(13-18)19(24)22-14-15-7-9-16(10-8-15)20(25)23-11-2-1-3-12-23;/h4-10,13H,1-3,11-12,14,21H2,(H,22,24);1H. The average Bonchev–Trinajstić information content (AvgIpc) is 2.66. The van der Waals surface area contributed by atoms with Crippen molar-refractivity contribution in [1.29, 1.82) is 0 Å². The van der Waals surface area contributed by atoms with Crippen LogP contribution < -0.4 is 11.1 Å². The van der Waals surface area contributed by atoms with Crippen molar-refractivity contribution < 1.29 is 9.59 Å². The monoisotopic (exact) mass is 373 g/mol. The van der Waals surface area contributed by atoms with Gasteiger partial charge in [-0.2, -0.15) is 0 Å². The summed E-state index contributed by atoms with van der Waals surface area (Å²) < 4.78 is 0. The number of likely N-dealkylation sites (tertiary alicyclic amines) is 1. The molecule has 2 aromatic rings. The highest BCUT2D eigenvalue weighted by Crippen LogP contribution is 2.14. The number of nitrogens with zero attached hydrogens (tertiary/aromatic N) is 1. The van der Waals surface area contributed by atoms with Crippen molar-refractivity contribution in [2.75, 3.05) is 18.8 Å². The fourth-order valence-corrected chi connectivity index (χ4v) is 3.01. The number of rotatable bonds is 4. The molecule has 6 heteroatoms. The van der Waals surface area contributed by atoms with Gasteiger partial charge in [0.05, 0.1) is 0 Å². The number of carbonyl (C=O) groups is 2. The van der Waals surface area contributed by atoms with Crippen molar-refractivity contribution in [3.05, 3.63) is 65.2 Å². The maximum Gasteiger partial charge on any atom is 0.253 e. The molecule has 0 unspecified atom stereocenters. The Morgan fingerprint density at radius 2 is 1.65 bits per heavy atom. The number of benzene rings is 2. The molecule has 5 nitrogen and oxygen atoms in total. The van der Waals surface area contributed by atoms with E-state index < -0.39 is 0 Å². The number of hydrogen-bond donors (Lipinski definition) is 2. The highest BCUT2D eigenvalue weighted by atomic mass is 35.5. The Bertz CT molecular complexity index is 756. The van der Waals surface area contributed by atoms with Crippen molar-refractivity contribution in [1.82, 2.24) is 10.2 Å². The Balaban J connectivity index is 0.00000243. The van der Waals surface area contributed by atoms with E-state index in [0.717, 1.165) is 31.5 Å². The lowest BCUT2D eigenvalue weighted by molar-refractivity contribution is 0.0724. The quantitative estimate of drug-likeness (QED) is 0.808. The van der Waals surface area contributed by atoms with Gasteiger partial charge in [-0.1, -0.05) is 18.2 Å². The second-order valence-corrected chi connectivity index (χ2v) is 6.36. The van der Waals surface area contributed by atoms with E-state index in [1.165, 1.54) is 6.42 Å². The van der Waals surface area contributed by atoms with E-state index in [9.17, 15) is 9.59 Å². The molecule has 1 fully saturated rings. The fraction of sp³-hybridized carbons (Fsp3) is 0.300. The summed E-state index contributed by atoms with van der Waals surface area (Å²) in [5.74, 6) is -0.0733. The number of anilines is 1. The number of hydrogen-bond acceptors (Lipinski definition) is 3. The minimum atomic E-state index is -0.166. The number of carbonyl (C=O) groups excluding carboxylic acids is 2. The highest BCUT2D eigenvalue weighted by Gasteiger charge is 2.17. The van der Waals surface area contributed by atoms with Crippen molar-refractivity contribution in [3.8, 4) is 0 Å². The molecule has 138 valence electrons. The van der Waals surface area contributed by atoms with Gasteiger partial charge in [0.2, 0.25) is 0 Å². The zero-order chi connectivity index (χ0) is 17.6. The second-order valence-electron chi connectivity index (χ2n) is 6.36.